The van der Waals surface area contributed by atoms with Crippen molar-refractivity contribution in [3.05, 3.63) is 28.8 Å². The standard InChI is InChI=1S/C13H18ClNO3S/c1-19(17,18)12-5-2-4-11(14)10(12)8-15-13(9-16)6-3-7-13/h2,4-5,15-16H,3,6-9H2,1H3. The number of sulfone groups is 1. The molecule has 0 atom stereocenters. The Labute approximate surface area is 118 Å². The second kappa shape index (κ2) is 5.40. The van der Waals surface area contributed by atoms with Crippen LogP contribution in [0.4, 0.5) is 0 Å². The molecule has 4 nitrogen and oxygen atoms in total. The summed E-state index contributed by atoms with van der Waals surface area (Å²) in [7, 11) is -3.31. The molecule has 0 heterocycles. The lowest BCUT2D eigenvalue weighted by molar-refractivity contribution is 0.0870. The monoisotopic (exact) mass is 303 g/mol. The van der Waals surface area contributed by atoms with E-state index in [9.17, 15) is 13.5 Å². The smallest absolute Gasteiger partial charge is 0.175 e. The van der Waals surface area contributed by atoms with Crippen molar-refractivity contribution in [3.8, 4) is 0 Å². The molecule has 2 rings (SSSR count). The number of nitrogens with one attached hydrogen (secondary N) is 1. The van der Waals surface area contributed by atoms with Gasteiger partial charge in [0.15, 0.2) is 9.84 Å². The fourth-order valence-electron chi connectivity index (χ4n) is 2.33. The Bertz CT molecular complexity index is 562. The summed E-state index contributed by atoms with van der Waals surface area (Å²) in [6.45, 7) is 0.411. The molecule has 0 amide bonds. The predicted octanol–water partition coefficient (Wildman–Crippen LogP) is 1.75. The average molecular weight is 304 g/mol. The number of hydrogen-bond donors (Lipinski definition) is 2. The Kier molecular flexibility index (Phi) is 4.20. The van der Waals surface area contributed by atoms with E-state index in [1.165, 1.54) is 6.26 Å². The molecule has 0 unspecified atom stereocenters. The Balaban J connectivity index is 2.25. The summed E-state index contributed by atoms with van der Waals surface area (Å²) in [5.41, 5.74) is 0.305. The molecule has 1 aliphatic rings. The summed E-state index contributed by atoms with van der Waals surface area (Å²) in [6.07, 6.45) is 4.06. The van der Waals surface area contributed by atoms with E-state index < -0.39 is 9.84 Å². The Morgan fingerprint density at radius 1 is 1.42 bits per heavy atom. The van der Waals surface area contributed by atoms with E-state index >= 15 is 0 Å². The van der Waals surface area contributed by atoms with Crippen LogP contribution in [-0.4, -0.2) is 31.9 Å². The summed E-state index contributed by atoms with van der Waals surface area (Å²) in [5.74, 6) is 0. The van der Waals surface area contributed by atoms with Gasteiger partial charge in [-0.05, 0) is 31.4 Å². The van der Waals surface area contributed by atoms with Crippen molar-refractivity contribution in [2.45, 2.75) is 36.2 Å². The van der Waals surface area contributed by atoms with Crippen molar-refractivity contribution >= 4 is 21.4 Å². The number of rotatable bonds is 5. The molecule has 6 heteroatoms. The summed E-state index contributed by atoms with van der Waals surface area (Å²) in [6, 6.07) is 4.87. The molecule has 0 aliphatic heterocycles. The SMILES string of the molecule is CS(=O)(=O)c1cccc(Cl)c1CNC1(CO)CCC1. The zero-order valence-corrected chi connectivity index (χ0v) is 12.4. The van der Waals surface area contributed by atoms with Gasteiger partial charge in [-0.25, -0.2) is 8.42 Å². The van der Waals surface area contributed by atoms with Gasteiger partial charge in [0, 0.05) is 28.9 Å². The first-order valence-electron chi connectivity index (χ1n) is 6.21. The molecule has 1 aromatic carbocycles. The van der Waals surface area contributed by atoms with Crippen LogP contribution in [-0.2, 0) is 16.4 Å². The van der Waals surface area contributed by atoms with Crippen LogP contribution in [0.3, 0.4) is 0 Å². The lowest BCUT2D eigenvalue weighted by Crippen LogP contribution is -2.53. The maximum Gasteiger partial charge on any atom is 0.175 e. The molecule has 1 aliphatic carbocycles. The third kappa shape index (κ3) is 3.11. The lowest BCUT2D eigenvalue weighted by Gasteiger charge is -2.41. The van der Waals surface area contributed by atoms with Gasteiger partial charge >= 0.3 is 0 Å². The highest BCUT2D eigenvalue weighted by Crippen LogP contribution is 2.32. The molecule has 1 saturated carbocycles. The van der Waals surface area contributed by atoms with E-state index in [1.807, 2.05) is 0 Å². The zero-order chi connectivity index (χ0) is 14.1. The van der Waals surface area contributed by atoms with E-state index in [-0.39, 0.29) is 17.0 Å². The summed E-state index contributed by atoms with van der Waals surface area (Å²) >= 11 is 6.10. The van der Waals surface area contributed by atoms with Crippen LogP contribution in [0.15, 0.2) is 23.1 Å². The normalized spacial score (nSPS) is 18.1. The van der Waals surface area contributed by atoms with Crippen molar-refractivity contribution in [3.63, 3.8) is 0 Å². The van der Waals surface area contributed by atoms with Gasteiger partial charge in [-0.3, -0.25) is 0 Å². The summed E-state index contributed by atoms with van der Waals surface area (Å²) in [4.78, 5) is 0.250. The average Bonchev–Trinajstić information content (AvgIpc) is 2.28. The van der Waals surface area contributed by atoms with Crippen molar-refractivity contribution < 1.29 is 13.5 Å². The molecule has 2 N–H and O–H groups in total. The van der Waals surface area contributed by atoms with Gasteiger partial charge in [0.05, 0.1) is 11.5 Å². The fraction of sp³-hybridized carbons (Fsp3) is 0.538. The highest BCUT2D eigenvalue weighted by atomic mass is 35.5. The highest BCUT2D eigenvalue weighted by molar-refractivity contribution is 7.90. The number of aliphatic hydroxyl groups is 1. The van der Waals surface area contributed by atoms with Gasteiger partial charge in [-0.15, -0.1) is 0 Å². The Morgan fingerprint density at radius 2 is 2.11 bits per heavy atom. The maximum absolute atomic E-state index is 11.7. The first kappa shape index (κ1) is 14.8. The molecule has 0 saturated heterocycles. The summed E-state index contributed by atoms with van der Waals surface area (Å²) < 4.78 is 23.5. The topological polar surface area (TPSA) is 66.4 Å². The molecule has 0 radical (unpaired) electrons. The molecule has 1 aromatic rings. The Morgan fingerprint density at radius 3 is 2.58 bits per heavy atom. The largest absolute Gasteiger partial charge is 0.394 e. The second-order valence-electron chi connectivity index (χ2n) is 5.13. The van der Waals surface area contributed by atoms with Gasteiger partial charge in [0.25, 0.3) is 0 Å². The fourth-order valence-corrected chi connectivity index (χ4v) is 3.58. The molecule has 0 bridgehead atoms. The first-order valence-corrected chi connectivity index (χ1v) is 8.48. The van der Waals surface area contributed by atoms with Crippen molar-refractivity contribution in [2.75, 3.05) is 12.9 Å². The van der Waals surface area contributed by atoms with Gasteiger partial charge < -0.3 is 10.4 Å². The molecular formula is C13H18ClNO3S. The van der Waals surface area contributed by atoms with Crippen LogP contribution in [0.5, 0.6) is 0 Å². The predicted molar refractivity (Wildman–Crippen MR) is 75.1 cm³/mol. The highest BCUT2D eigenvalue weighted by Gasteiger charge is 2.36. The van der Waals surface area contributed by atoms with Crippen LogP contribution in [0.25, 0.3) is 0 Å². The van der Waals surface area contributed by atoms with E-state index in [0.717, 1.165) is 19.3 Å². The molecule has 0 aromatic heterocycles. The van der Waals surface area contributed by atoms with Crippen LogP contribution in [0.1, 0.15) is 24.8 Å². The quantitative estimate of drug-likeness (QED) is 0.870. The minimum absolute atomic E-state index is 0.0612. The van der Waals surface area contributed by atoms with Crippen molar-refractivity contribution in [1.82, 2.24) is 5.32 Å². The van der Waals surface area contributed by atoms with E-state index in [0.29, 0.717) is 17.1 Å². The minimum atomic E-state index is -3.31. The minimum Gasteiger partial charge on any atom is -0.394 e. The molecule has 1 fully saturated rings. The third-order valence-corrected chi connectivity index (χ3v) is 5.26. The van der Waals surface area contributed by atoms with Gasteiger partial charge in [0.1, 0.15) is 0 Å². The number of benzene rings is 1. The van der Waals surface area contributed by atoms with E-state index in [2.05, 4.69) is 5.32 Å². The summed E-state index contributed by atoms with van der Waals surface area (Å²) in [5, 5.41) is 13.1. The zero-order valence-electron chi connectivity index (χ0n) is 10.8. The van der Waals surface area contributed by atoms with Gasteiger partial charge in [-0.2, -0.15) is 0 Å². The van der Waals surface area contributed by atoms with Crippen LogP contribution < -0.4 is 5.32 Å². The number of aliphatic hydroxyl groups excluding tert-OH is 1. The molecule has 19 heavy (non-hydrogen) atoms. The van der Waals surface area contributed by atoms with Crippen LogP contribution in [0, 0.1) is 0 Å². The van der Waals surface area contributed by atoms with Crippen molar-refractivity contribution in [1.29, 1.82) is 0 Å². The van der Waals surface area contributed by atoms with E-state index in [1.54, 1.807) is 18.2 Å². The van der Waals surface area contributed by atoms with Crippen LogP contribution in [0.2, 0.25) is 5.02 Å². The lowest BCUT2D eigenvalue weighted by atomic mass is 9.77. The van der Waals surface area contributed by atoms with E-state index in [4.69, 9.17) is 11.6 Å². The Hall–Kier alpha value is -0.620. The first-order chi connectivity index (χ1) is 8.88. The number of halogens is 1. The van der Waals surface area contributed by atoms with Crippen LogP contribution >= 0.6 is 11.6 Å². The van der Waals surface area contributed by atoms with Crippen molar-refractivity contribution in [2.24, 2.45) is 0 Å². The molecule has 106 valence electrons. The maximum atomic E-state index is 11.7. The molecule has 0 spiro atoms. The van der Waals surface area contributed by atoms with Gasteiger partial charge in [0.2, 0.25) is 0 Å². The number of hydrogen-bond acceptors (Lipinski definition) is 4. The second-order valence-corrected chi connectivity index (χ2v) is 7.53. The van der Waals surface area contributed by atoms with Gasteiger partial charge in [-0.1, -0.05) is 17.7 Å². The third-order valence-electron chi connectivity index (χ3n) is 3.73. The molecular weight excluding hydrogens is 286 g/mol.